The van der Waals surface area contributed by atoms with Crippen molar-refractivity contribution in [3.05, 3.63) is 34.9 Å². The van der Waals surface area contributed by atoms with Gasteiger partial charge in [0, 0.05) is 24.7 Å². The number of aryl methyl sites for hydroxylation is 2. The third-order valence-corrected chi connectivity index (χ3v) is 4.98. The van der Waals surface area contributed by atoms with Gasteiger partial charge in [-0.15, -0.1) is 0 Å². The van der Waals surface area contributed by atoms with E-state index in [1.54, 1.807) is 0 Å². The molecule has 1 aromatic rings. The molecule has 2 rings (SSSR count). The highest BCUT2D eigenvalue weighted by Gasteiger charge is 2.31. The zero-order valence-corrected chi connectivity index (χ0v) is 13.7. The molecule has 2 heteroatoms. The van der Waals surface area contributed by atoms with Crippen molar-refractivity contribution in [2.75, 3.05) is 13.6 Å². The number of hydrogen-bond acceptors (Lipinski definition) is 2. The Labute approximate surface area is 124 Å². The normalized spacial score (nSPS) is 25.1. The number of benzene rings is 1. The van der Waals surface area contributed by atoms with Crippen molar-refractivity contribution < 1.29 is 0 Å². The van der Waals surface area contributed by atoms with Crippen LogP contribution in [0.3, 0.4) is 0 Å². The first kappa shape index (κ1) is 15.5. The minimum absolute atomic E-state index is 0.435. The number of hydrogen-bond donors (Lipinski definition) is 1. The number of nitrogens with one attached hydrogen (secondary N) is 1. The van der Waals surface area contributed by atoms with Gasteiger partial charge in [0.05, 0.1) is 0 Å². The molecule has 0 aliphatic carbocycles. The number of rotatable bonds is 5. The Morgan fingerprint density at radius 1 is 1.30 bits per heavy atom. The van der Waals surface area contributed by atoms with E-state index in [0.29, 0.717) is 6.04 Å². The predicted octanol–water partition coefficient (Wildman–Crippen LogP) is 3.83. The van der Waals surface area contributed by atoms with Gasteiger partial charge in [-0.05, 0) is 58.2 Å². The lowest BCUT2D eigenvalue weighted by molar-refractivity contribution is 0.179. The SMILES string of the molecule is CCC1CCC(C)N1CC(NC)c1cc(C)ccc1C. The molecule has 3 unspecified atom stereocenters. The molecule has 1 aliphatic heterocycles. The molecule has 2 nitrogen and oxygen atoms in total. The third-order valence-electron chi connectivity index (χ3n) is 4.98. The van der Waals surface area contributed by atoms with Gasteiger partial charge < -0.3 is 5.32 Å². The Bertz CT molecular complexity index is 441. The molecule has 20 heavy (non-hydrogen) atoms. The van der Waals surface area contributed by atoms with Crippen LogP contribution in [0.1, 0.15) is 55.8 Å². The Hall–Kier alpha value is -0.860. The molecular formula is C18H30N2. The molecule has 3 atom stereocenters. The quantitative estimate of drug-likeness (QED) is 0.878. The molecule has 1 N–H and O–H groups in total. The summed E-state index contributed by atoms with van der Waals surface area (Å²) >= 11 is 0. The molecule has 0 amide bonds. The van der Waals surface area contributed by atoms with E-state index in [1.165, 1.54) is 36.0 Å². The van der Waals surface area contributed by atoms with E-state index in [2.05, 4.69) is 63.2 Å². The second-order valence-corrected chi connectivity index (χ2v) is 6.39. The molecule has 1 aromatic carbocycles. The summed E-state index contributed by atoms with van der Waals surface area (Å²) in [6.07, 6.45) is 3.98. The summed E-state index contributed by atoms with van der Waals surface area (Å²) in [6.45, 7) is 10.2. The van der Waals surface area contributed by atoms with Crippen LogP contribution >= 0.6 is 0 Å². The molecule has 112 valence electrons. The second kappa shape index (κ2) is 6.73. The van der Waals surface area contributed by atoms with Crippen molar-refractivity contribution >= 4 is 0 Å². The van der Waals surface area contributed by atoms with Gasteiger partial charge in [0.2, 0.25) is 0 Å². The summed E-state index contributed by atoms with van der Waals surface area (Å²) in [6, 6.07) is 8.73. The lowest BCUT2D eigenvalue weighted by Gasteiger charge is -2.32. The highest BCUT2D eigenvalue weighted by Crippen LogP contribution is 2.29. The summed E-state index contributed by atoms with van der Waals surface area (Å²) in [5.41, 5.74) is 4.21. The van der Waals surface area contributed by atoms with Crippen LogP contribution in [0.5, 0.6) is 0 Å². The van der Waals surface area contributed by atoms with Gasteiger partial charge >= 0.3 is 0 Å². The monoisotopic (exact) mass is 274 g/mol. The predicted molar refractivity (Wildman–Crippen MR) is 87.2 cm³/mol. The zero-order chi connectivity index (χ0) is 14.7. The Balaban J connectivity index is 2.18. The first-order valence-corrected chi connectivity index (χ1v) is 8.07. The summed E-state index contributed by atoms with van der Waals surface area (Å²) in [7, 11) is 2.09. The largest absolute Gasteiger partial charge is 0.312 e. The van der Waals surface area contributed by atoms with E-state index < -0.39 is 0 Å². The number of nitrogens with zero attached hydrogens (tertiary/aromatic N) is 1. The number of likely N-dealkylation sites (N-methyl/N-ethyl adjacent to an activating group) is 1. The van der Waals surface area contributed by atoms with E-state index in [0.717, 1.165) is 18.6 Å². The van der Waals surface area contributed by atoms with E-state index >= 15 is 0 Å². The minimum Gasteiger partial charge on any atom is -0.312 e. The van der Waals surface area contributed by atoms with Crippen molar-refractivity contribution in [2.45, 2.75) is 65.1 Å². The van der Waals surface area contributed by atoms with Crippen molar-refractivity contribution in [1.29, 1.82) is 0 Å². The van der Waals surface area contributed by atoms with Crippen LogP contribution in [0.4, 0.5) is 0 Å². The molecule has 0 spiro atoms. The van der Waals surface area contributed by atoms with Crippen LogP contribution in [0, 0.1) is 13.8 Å². The highest BCUT2D eigenvalue weighted by atomic mass is 15.2. The standard InChI is InChI=1S/C18H30N2/c1-6-16-10-9-15(4)20(16)12-18(19-5)17-11-13(2)7-8-14(17)3/h7-8,11,15-16,18-19H,6,9-10,12H2,1-5H3. The van der Waals surface area contributed by atoms with Gasteiger partial charge in [-0.2, -0.15) is 0 Å². The molecule has 1 fully saturated rings. The van der Waals surface area contributed by atoms with Crippen molar-refractivity contribution in [1.82, 2.24) is 10.2 Å². The van der Waals surface area contributed by atoms with Crippen LogP contribution in [0.25, 0.3) is 0 Å². The molecule has 0 aromatic heterocycles. The maximum absolute atomic E-state index is 3.54. The van der Waals surface area contributed by atoms with E-state index in [9.17, 15) is 0 Å². The van der Waals surface area contributed by atoms with Gasteiger partial charge in [-0.1, -0.05) is 30.7 Å². The van der Waals surface area contributed by atoms with E-state index in [4.69, 9.17) is 0 Å². The Kier molecular flexibility index (Phi) is 5.22. The average molecular weight is 274 g/mol. The summed E-state index contributed by atoms with van der Waals surface area (Å²) < 4.78 is 0. The average Bonchev–Trinajstić information content (AvgIpc) is 2.79. The molecule has 1 aliphatic rings. The van der Waals surface area contributed by atoms with Gasteiger partial charge in [-0.3, -0.25) is 4.90 Å². The van der Waals surface area contributed by atoms with Crippen LogP contribution in [0.15, 0.2) is 18.2 Å². The van der Waals surface area contributed by atoms with Crippen molar-refractivity contribution in [3.8, 4) is 0 Å². The Morgan fingerprint density at radius 2 is 2.05 bits per heavy atom. The minimum atomic E-state index is 0.435. The van der Waals surface area contributed by atoms with Crippen LogP contribution in [-0.2, 0) is 0 Å². The molecular weight excluding hydrogens is 244 g/mol. The van der Waals surface area contributed by atoms with Gasteiger partial charge in [0.15, 0.2) is 0 Å². The lowest BCUT2D eigenvalue weighted by atomic mass is 9.98. The molecule has 1 heterocycles. The smallest absolute Gasteiger partial charge is 0.0449 e. The number of likely N-dealkylation sites (tertiary alicyclic amines) is 1. The van der Waals surface area contributed by atoms with E-state index in [-0.39, 0.29) is 0 Å². The third kappa shape index (κ3) is 3.24. The van der Waals surface area contributed by atoms with Gasteiger partial charge in [0.25, 0.3) is 0 Å². The Morgan fingerprint density at radius 3 is 2.70 bits per heavy atom. The zero-order valence-electron chi connectivity index (χ0n) is 13.7. The molecule has 1 saturated heterocycles. The van der Waals surface area contributed by atoms with E-state index in [1.807, 2.05) is 0 Å². The molecule has 0 saturated carbocycles. The topological polar surface area (TPSA) is 15.3 Å². The molecule has 0 bridgehead atoms. The molecule has 0 radical (unpaired) electrons. The van der Waals surface area contributed by atoms with Crippen molar-refractivity contribution in [3.63, 3.8) is 0 Å². The maximum Gasteiger partial charge on any atom is 0.0449 e. The summed E-state index contributed by atoms with van der Waals surface area (Å²) in [5, 5.41) is 3.54. The fraction of sp³-hybridized carbons (Fsp3) is 0.667. The fourth-order valence-corrected chi connectivity index (χ4v) is 3.58. The summed E-state index contributed by atoms with van der Waals surface area (Å²) in [5.74, 6) is 0. The van der Waals surface area contributed by atoms with Gasteiger partial charge in [0.1, 0.15) is 0 Å². The van der Waals surface area contributed by atoms with Crippen LogP contribution in [-0.4, -0.2) is 30.6 Å². The van der Waals surface area contributed by atoms with Crippen LogP contribution in [0.2, 0.25) is 0 Å². The van der Waals surface area contributed by atoms with Crippen LogP contribution < -0.4 is 5.32 Å². The first-order valence-electron chi connectivity index (χ1n) is 8.07. The second-order valence-electron chi connectivity index (χ2n) is 6.39. The fourth-order valence-electron chi connectivity index (χ4n) is 3.58. The van der Waals surface area contributed by atoms with Crippen molar-refractivity contribution in [2.24, 2.45) is 0 Å². The maximum atomic E-state index is 3.54. The lowest BCUT2D eigenvalue weighted by Crippen LogP contribution is -2.40. The van der Waals surface area contributed by atoms with Gasteiger partial charge in [-0.25, -0.2) is 0 Å². The summed E-state index contributed by atoms with van der Waals surface area (Å²) in [4.78, 5) is 2.71. The first-order chi connectivity index (χ1) is 9.56. The highest BCUT2D eigenvalue weighted by molar-refractivity contribution is 5.33.